The van der Waals surface area contributed by atoms with Gasteiger partial charge < -0.3 is 19.5 Å². The normalized spacial score (nSPS) is 17.6. The fourth-order valence-electron chi connectivity index (χ4n) is 3.25. The molecule has 1 N–H and O–H groups in total. The van der Waals surface area contributed by atoms with Crippen molar-refractivity contribution in [2.45, 2.75) is 13.0 Å². The van der Waals surface area contributed by atoms with E-state index >= 15 is 0 Å². The highest BCUT2D eigenvalue weighted by Gasteiger charge is 2.19. The van der Waals surface area contributed by atoms with Crippen molar-refractivity contribution in [2.75, 3.05) is 32.8 Å². The summed E-state index contributed by atoms with van der Waals surface area (Å²) in [7, 11) is 0. The van der Waals surface area contributed by atoms with E-state index in [4.69, 9.17) is 15.0 Å². The first-order chi connectivity index (χ1) is 12.3. The highest BCUT2D eigenvalue weighted by molar-refractivity contribution is 5.87. The van der Waals surface area contributed by atoms with Crippen LogP contribution in [0.5, 0.6) is 0 Å². The van der Waals surface area contributed by atoms with E-state index in [-0.39, 0.29) is 6.54 Å². The maximum Gasteiger partial charge on any atom is 0.118 e. The van der Waals surface area contributed by atoms with Gasteiger partial charge in [-0.15, -0.1) is 0 Å². The van der Waals surface area contributed by atoms with Gasteiger partial charge in [0, 0.05) is 13.1 Å². The lowest BCUT2D eigenvalue weighted by Gasteiger charge is -2.33. The fraction of sp³-hybridized carbons (Fsp3) is 0.389. The molecular formula is C18H20N6O. The maximum atomic E-state index is 9.17. The molecule has 1 aromatic heterocycles. The second kappa shape index (κ2) is 6.95. The summed E-state index contributed by atoms with van der Waals surface area (Å²) in [6.07, 6.45) is 2.69. The molecule has 2 aromatic rings. The number of fused-ring (bicyclic) bond motifs is 1. The smallest absolute Gasteiger partial charge is 0.118 e. The third-order valence-corrected chi connectivity index (χ3v) is 4.48. The van der Waals surface area contributed by atoms with E-state index in [9.17, 15) is 0 Å². The van der Waals surface area contributed by atoms with Gasteiger partial charge in [-0.3, -0.25) is 4.99 Å². The van der Waals surface area contributed by atoms with E-state index in [0.29, 0.717) is 13.0 Å². The second-order valence-corrected chi connectivity index (χ2v) is 6.04. The van der Waals surface area contributed by atoms with Crippen LogP contribution in [-0.4, -0.2) is 53.1 Å². The van der Waals surface area contributed by atoms with E-state index in [2.05, 4.69) is 27.4 Å². The van der Waals surface area contributed by atoms with E-state index in [0.717, 1.165) is 54.8 Å². The minimum Gasteiger partial charge on any atom is -0.378 e. The monoisotopic (exact) mass is 336 g/mol. The van der Waals surface area contributed by atoms with Crippen molar-refractivity contribution < 1.29 is 4.74 Å². The third kappa shape index (κ3) is 3.21. The summed E-state index contributed by atoms with van der Waals surface area (Å²) in [6, 6.07) is 10.1. The van der Waals surface area contributed by atoms with Crippen LogP contribution in [0.1, 0.15) is 5.82 Å². The molecule has 0 amide bonds. The Morgan fingerprint density at radius 3 is 2.92 bits per heavy atom. The molecule has 0 radical (unpaired) electrons. The average Bonchev–Trinajstić information content (AvgIpc) is 3.00. The van der Waals surface area contributed by atoms with Crippen molar-refractivity contribution >= 4 is 16.9 Å². The molecule has 1 fully saturated rings. The number of para-hydroxylation sites is 2. The van der Waals surface area contributed by atoms with Crippen molar-refractivity contribution in [1.82, 2.24) is 19.8 Å². The largest absolute Gasteiger partial charge is 0.378 e. The highest BCUT2D eigenvalue weighted by atomic mass is 16.5. The molecule has 128 valence electrons. The van der Waals surface area contributed by atoms with Gasteiger partial charge in [0.15, 0.2) is 0 Å². The van der Waals surface area contributed by atoms with E-state index in [1.807, 2.05) is 28.8 Å². The number of nitrogens with zero attached hydrogens (tertiary/aromatic N) is 5. The Morgan fingerprint density at radius 1 is 1.24 bits per heavy atom. The van der Waals surface area contributed by atoms with Crippen LogP contribution in [0.2, 0.25) is 0 Å². The van der Waals surface area contributed by atoms with Crippen LogP contribution in [0, 0.1) is 11.3 Å². The van der Waals surface area contributed by atoms with Crippen LogP contribution in [0.4, 0.5) is 0 Å². The number of rotatable bonds is 4. The number of aliphatic imine (C=N–C) groups is 1. The van der Waals surface area contributed by atoms with Gasteiger partial charge in [-0.1, -0.05) is 12.1 Å². The van der Waals surface area contributed by atoms with Gasteiger partial charge in [0.1, 0.15) is 24.0 Å². The molecule has 3 heterocycles. The van der Waals surface area contributed by atoms with Gasteiger partial charge in [0.25, 0.3) is 0 Å². The molecule has 1 saturated heterocycles. The zero-order valence-electron chi connectivity index (χ0n) is 14.0. The van der Waals surface area contributed by atoms with Gasteiger partial charge in [-0.05, 0) is 18.2 Å². The number of benzene rings is 1. The molecule has 1 aromatic carbocycles. The van der Waals surface area contributed by atoms with Crippen LogP contribution in [0.3, 0.4) is 0 Å². The Labute approximate surface area is 146 Å². The van der Waals surface area contributed by atoms with Gasteiger partial charge in [-0.2, -0.15) is 5.26 Å². The average molecular weight is 336 g/mol. The number of nitrogens with one attached hydrogen (secondary N) is 1. The van der Waals surface area contributed by atoms with Crippen LogP contribution < -0.4 is 5.32 Å². The number of hydrogen-bond acceptors (Lipinski definition) is 6. The lowest BCUT2D eigenvalue weighted by Crippen LogP contribution is -2.43. The standard InChI is InChI=1S/C18H20N6O/c19-6-8-24-15-4-2-1-3-14(15)21-18(24)13-16-20-7-5-17(22-16)23-9-11-25-12-10-23/h1-5H,7-13H2,(H,20,22). The molecule has 7 heteroatoms. The van der Waals surface area contributed by atoms with Gasteiger partial charge >= 0.3 is 0 Å². The first-order valence-corrected chi connectivity index (χ1v) is 8.49. The molecule has 0 unspecified atom stereocenters. The van der Waals surface area contributed by atoms with E-state index < -0.39 is 0 Å². The summed E-state index contributed by atoms with van der Waals surface area (Å²) in [5.41, 5.74) is 1.90. The lowest BCUT2D eigenvalue weighted by molar-refractivity contribution is 0.0514. The molecule has 25 heavy (non-hydrogen) atoms. The summed E-state index contributed by atoms with van der Waals surface area (Å²) in [6.45, 7) is 4.23. The van der Waals surface area contributed by atoms with E-state index in [1.165, 1.54) is 0 Å². The van der Waals surface area contributed by atoms with Crippen LogP contribution >= 0.6 is 0 Å². The first kappa shape index (κ1) is 15.7. The third-order valence-electron chi connectivity index (χ3n) is 4.48. The quantitative estimate of drug-likeness (QED) is 0.910. The highest BCUT2D eigenvalue weighted by Crippen LogP contribution is 2.17. The number of hydrogen-bond donors (Lipinski definition) is 1. The van der Waals surface area contributed by atoms with Crippen molar-refractivity contribution in [3.8, 4) is 6.07 Å². The maximum absolute atomic E-state index is 9.17. The number of nitriles is 1. The fourth-order valence-corrected chi connectivity index (χ4v) is 3.25. The summed E-state index contributed by atoms with van der Waals surface area (Å²) in [5, 5.41) is 12.6. The molecule has 0 saturated carbocycles. The summed E-state index contributed by atoms with van der Waals surface area (Å²) < 4.78 is 7.38. The molecule has 0 bridgehead atoms. The predicted octanol–water partition coefficient (Wildman–Crippen LogP) is 1.28. The SMILES string of the molecule is N#CCn1c(CC2=NCC=C(N3CCOCC3)N2)nc2ccccc21. The number of ether oxygens (including phenoxy) is 1. The molecule has 2 aliphatic rings. The van der Waals surface area contributed by atoms with E-state index in [1.54, 1.807) is 0 Å². The summed E-state index contributed by atoms with van der Waals surface area (Å²) >= 11 is 0. The molecule has 2 aliphatic heterocycles. The Balaban J connectivity index is 1.54. The van der Waals surface area contributed by atoms with Crippen molar-refractivity contribution in [3.63, 3.8) is 0 Å². The molecule has 4 rings (SSSR count). The Morgan fingerprint density at radius 2 is 2.08 bits per heavy atom. The van der Waals surface area contributed by atoms with Gasteiger partial charge in [-0.25, -0.2) is 4.98 Å². The Hall–Kier alpha value is -2.85. The van der Waals surface area contributed by atoms with Crippen molar-refractivity contribution in [3.05, 3.63) is 42.0 Å². The molecule has 7 nitrogen and oxygen atoms in total. The minimum absolute atomic E-state index is 0.287. The second-order valence-electron chi connectivity index (χ2n) is 6.04. The zero-order chi connectivity index (χ0) is 17.1. The van der Waals surface area contributed by atoms with Gasteiger partial charge in [0.05, 0.1) is 43.3 Å². The van der Waals surface area contributed by atoms with Crippen LogP contribution in [0.25, 0.3) is 11.0 Å². The molecule has 0 atom stereocenters. The lowest BCUT2D eigenvalue weighted by atomic mass is 10.3. The zero-order valence-corrected chi connectivity index (χ0v) is 14.0. The Bertz CT molecular complexity index is 869. The number of imidazole rings is 1. The van der Waals surface area contributed by atoms with Gasteiger partial charge in [0.2, 0.25) is 0 Å². The molecule has 0 spiro atoms. The van der Waals surface area contributed by atoms with Crippen molar-refractivity contribution in [2.24, 2.45) is 4.99 Å². The number of aromatic nitrogens is 2. The molecule has 0 aliphatic carbocycles. The summed E-state index contributed by atoms with van der Waals surface area (Å²) in [5.74, 6) is 2.84. The summed E-state index contributed by atoms with van der Waals surface area (Å²) in [4.78, 5) is 11.6. The first-order valence-electron chi connectivity index (χ1n) is 8.49. The molecular weight excluding hydrogens is 316 g/mol. The van der Waals surface area contributed by atoms with Crippen molar-refractivity contribution in [1.29, 1.82) is 5.26 Å². The minimum atomic E-state index is 0.287. The predicted molar refractivity (Wildman–Crippen MR) is 95.0 cm³/mol. The number of morpholine rings is 1. The number of amidine groups is 1. The van der Waals surface area contributed by atoms with Crippen LogP contribution in [-0.2, 0) is 17.7 Å². The topological polar surface area (TPSA) is 78.5 Å². The Kier molecular flexibility index (Phi) is 4.36. The van der Waals surface area contributed by atoms with Crippen LogP contribution in [0.15, 0.2) is 41.2 Å².